The number of carbonyl (C=O) groups is 1. The zero-order valence-corrected chi connectivity index (χ0v) is 16.7. The van der Waals surface area contributed by atoms with Crippen molar-refractivity contribution in [1.82, 2.24) is 0 Å². The van der Waals surface area contributed by atoms with Crippen molar-refractivity contribution in [3.8, 4) is 11.5 Å². The van der Waals surface area contributed by atoms with Gasteiger partial charge in [0, 0.05) is 10.0 Å². The molecule has 0 spiro atoms. The highest BCUT2D eigenvalue weighted by molar-refractivity contribution is 9.10. The Morgan fingerprint density at radius 3 is 2.60 bits per heavy atom. The minimum absolute atomic E-state index is 0.160. The highest BCUT2D eigenvalue weighted by Crippen LogP contribution is 2.39. The molecule has 2 aromatic rings. The Hall–Kier alpha value is -1.83. The van der Waals surface area contributed by atoms with E-state index < -0.39 is 0 Å². The summed E-state index contributed by atoms with van der Waals surface area (Å²) in [6, 6.07) is 12.9. The third kappa shape index (κ3) is 3.58. The number of amides is 1. The van der Waals surface area contributed by atoms with Crippen LogP contribution in [0.2, 0.25) is 0 Å². The van der Waals surface area contributed by atoms with Crippen molar-refractivity contribution in [3.05, 3.63) is 57.4 Å². The molecule has 0 saturated carbocycles. The largest absolute Gasteiger partial charge is 0.497 e. The van der Waals surface area contributed by atoms with Gasteiger partial charge >= 0.3 is 0 Å². The Morgan fingerprint density at radius 2 is 1.92 bits per heavy atom. The molecule has 2 aromatic carbocycles. The lowest BCUT2D eigenvalue weighted by Gasteiger charge is -2.16. The summed E-state index contributed by atoms with van der Waals surface area (Å²) in [4.78, 5) is 14.9. The number of methoxy groups -OCH3 is 2. The molecule has 0 atom stereocenters. The quantitative estimate of drug-likeness (QED) is 0.505. The Bertz CT molecular complexity index is 882. The second kappa shape index (κ2) is 7.59. The first-order chi connectivity index (χ1) is 12.0. The van der Waals surface area contributed by atoms with Gasteiger partial charge < -0.3 is 9.47 Å². The molecule has 25 heavy (non-hydrogen) atoms. The zero-order chi connectivity index (χ0) is 18.0. The van der Waals surface area contributed by atoms with E-state index in [1.54, 1.807) is 26.4 Å². The first kappa shape index (κ1) is 18.0. The topological polar surface area (TPSA) is 38.8 Å². The van der Waals surface area contributed by atoms with E-state index in [2.05, 4.69) is 15.9 Å². The Labute approximate surface area is 163 Å². The number of anilines is 1. The van der Waals surface area contributed by atoms with Crippen LogP contribution >= 0.6 is 39.9 Å². The van der Waals surface area contributed by atoms with Gasteiger partial charge in [0.25, 0.3) is 5.91 Å². The molecule has 3 rings (SSSR count). The fraction of sp³-hybridized carbons (Fsp3) is 0.111. The Balaban J connectivity index is 2.00. The van der Waals surface area contributed by atoms with Crippen molar-refractivity contribution in [2.24, 2.45) is 0 Å². The average molecular weight is 436 g/mol. The molecular weight excluding hydrogens is 422 g/mol. The fourth-order valence-corrected chi connectivity index (χ4v) is 4.14. The SMILES string of the molecule is COc1ccc(OC)c(C=C2SC(=S)N(c3ccccc3Br)C2=O)c1. The number of para-hydroxylation sites is 1. The van der Waals surface area contributed by atoms with Gasteiger partial charge in [0.2, 0.25) is 0 Å². The van der Waals surface area contributed by atoms with Crippen molar-refractivity contribution in [2.75, 3.05) is 19.1 Å². The van der Waals surface area contributed by atoms with E-state index in [1.165, 1.54) is 16.7 Å². The van der Waals surface area contributed by atoms with Crippen LogP contribution in [0.1, 0.15) is 5.56 Å². The molecule has 1 amide bonds. The third-order valence-corrected chi connectivity index (χ3v) is 5.58. The van der Waals surface area contributed by atoms with Crippen molar-refractivity contribution >= 4 is 61.9 Å². The molecule has 4 nitrogen and oxygen atoms in total. The maximum atomic E-state index is 12.9. The van der Waals surface area contributed by atoms with Crippen LogP contribution in [-0.4, -0.2) is 24.4 Å². The van der Waals surface area contributed by atoms with Crippen LogP contribution in [0.4, 0.5) is 5.69 Å². The summed E-state index contributed by atoms with van der Waals surface area (Å²) in [6.45, 7) is 0. The van der Waals surface area contributed by atoms with Crippen molar-refractivity contribution < 1.29 is 14.3 Å². The molecule has 1 saturated heterocycles. The Kier molecular flexibility index (Phi) is 5.46. The number of nitrogens with zero attached hydrogens (tertiary/aromatic N) is 1. The van der Waals surface area contributed by atoms with Crippen molar-refractivity contribution in [1.29, 1.82) is 0 Å². The summed E-state index contributed by atoms with van der Waals surface area (Å²) in [6.07, 6.45) is 1.78. The molecule has 1 heterocycles. The number of ether oxygens (including phenoxy) is 2. The van der Waals surface area contributed by atoms with Crippen LogP contribution in [0.15, 0.2) is 51.8 Å². The lowest BCUT2D eigenvalue weighted by Crippen LogP contribution is -2.27. The van der Waals surface area contributed by atoms with E-state index in [0.717, 1.165) is 15.7 Å². The summed E-state index contributed by atoms with van der Waals surface area (Å²) in [5, 5.41) is 0. The number of hydrogen-bond donors (Lipinski definition) is 0. The lowest BCUT2D eigenvalue weighted by molar-refractivity contribution is -0.113. The van der Waals surface area contributed by atoms with E-state index in [9.17, 15) is 4.79 Å². The number of benzene rings is 2. The molecule has 0 bridgehead atoms. The minimum atomic E-state index is -0.160. The van der Waals surface area contributed by atoms with Crippen molar-refractivity contribution in [3.63, 3.8) is 0 Å². The number of carbonyl (C=O) groups excluding carboxylic acids is 1. The molecule has 0 radical (unpaired) electrons. The standard InChI is InChI=1S/C18H14BrNO3S2/c1-22-12-7-8-15(23-2)11(9-12)10-16-17(21)20(18(24)25-16)14-6-4-3-5-13(14)19/h3-10H,1-2H3. The monoisotopic (exact) mass is 435 g/mol. The van der Waals surface area contributed by atoms with Crippen LogP contribution < -0.4 is 14.4 Å². The van der Waals surface area contributed by atoms with Crippen molar-refractivity contribution in [2.45, 2.75) is 0 Å². The predicted molar refractivity (Wildman–Crippen MR) is 109 cm³/mol. The van der Waals surface area contributed by atoms with Crippen LogP contribution in [-0.2, 0) is 4.79 Å². The minimum Gasteiger partial charge on any atom is -0.497 e. The Morgan fingerprint density at radius 1 is 1.16 bits per heavy atom. The summed E-state index contributed by atoms with van der Waals surface area (Å²) < 4.78 is 11.9. The van der Waals surface area contributed by atoms with Gasteiger partial charge in [-0.2, -0.15) is 0 Å². The summed E-state index contributed by atoms with van der Waals surface area (Å²) >= 11 is 10.1. The lowest BCUT2D eigenvalue weighted by atomic mass is 10.1. The molecule has 0 N–H and O–H groups in total. The van der Waals surface area contributed by atoms with Gasteiger partial charge in [-0.05, 0) is 52.3 Å². The average Bonchev–Trinajstić information content (AvgIpc) is 2.89. The first-order valence-electron chi connectivity index (χ1n) is 7.29. The molecule has 7 heteroatoms. The molecule has 0 aliphatic carbocycles. The van der Waals surface area contributed by atoms with E-state index in [1.807, 2.05) is 36.4 Å². The normalized spacial score (nSPS) is 15.8. The van der Waals surface area contributed by atoms with Gasteiger partial charge in [-0.15, -0.1) is 0 Å². The van der Waals surface area contributed by atoms with Gasteiger partial charge in [0.15, 0.2) is 4.32 Å². The summed E-state index contributed by atoms with van der Waals surface area (Å²) in [7, 11) is 3.18. The summed E-state index contributed by atoms with van der Waals surface area (Å²) in [5.41, 5.74) is 1.49. The van der Waals surface area contributed by atoms with Crippen LogP contribution in [0.5, 0.6) is 11.5 Å². The molecule has 128 valence electrons. The smallest absolute Gasteiger partial charge is 0.270 e. The second-order valence-electron chi connectivity index (χ2n) is 5.08. The number of thiocarbonyl (C=S) groups is 1. The number of hydrogen-bond acceptors (Lipinski definition) is 5. The molecular formula is C18H14BrNO3S2. The van der Waals surface area contributed by atoms with Gasteiger partial charge in [-0.3, -0.25) is 9.69 Å². The fourth-order valence-electron chi connectivity index (χ4n) is 2.40. The first-order valence-corrected chi connectivity index (χ1v) is 9.31. The van der Waals surface area contributed by atoms with Crippen LogP contribution in [0.3, 0.4) is 0 Å². The number of halogens is 1. The molecule has 1 aliphatic heterocycles. The maximum Gasteiger partial charge on any atom is 0.270 e. The molecule has 0 unspecified atom stereocenters. The maximum absolute atomic E-state index is 12.9. The van der Waals surface area contributed by atoms with E-state index in [4.69, 9.17) is 21.7 Å². The highest BCUT2D eigenvalue weighted by atomic mass is 79.9. The van der Waals surface area contributed by atoms with Gasteiger partial charge in [-0.25, -0.2) is 0 Å². The highest BCUT2D eigenvalue weighted by Gasteiger charge is 2.34. The summed E-state index contributed by atoms with van der Waals surface area (Å²) in [5.74, 6) is 1.19. The van der Waals surface area contributed by atoms with Crippen LogP contribution in [0, 0.1) is 0 Å². The van der Waals surface area contributed by atoms with E-state index >= 15 is 0 Å². The van der Waals surface area contributed by atoms with Gasteiger partial charge in [-0.1, -0.05) is 36.1 Å². The van der Waals surface area contributed by atoms with E-state index in [-0.39, 0.29) is 5.91 Å². The second-order valence-corrected chi connectivity index (χ2v) is 7.61. The molecule has 0 aromatic heterocycles. The predicted octanol–water partition coefficient (Wildman–Crippen LogP) is 4.87. The van der Waals surface area contributed by atoms with Gasteiger partial charge in [0.05, 0.1) is 24.8 Å². The van der Waals surface area contributed by atoms with Gasteiger partial charge in [0.1, 0.15) is 11.5 Å². The molecule has 1 fully saturated rings. The van der Waals surface area contributed by atoms with E-state index in [0.29, 0.717) is 20.7 Å². The number of rotatable bonds is 4. The zero-order valence-electron chi connectivity index (χ0n) is 13.5. The van der Waals surface area contributed by atoms with Crippen LogP contribution in [0.25, 0.3) is 6.08 Å². The number of thioether (sulfide) groups is 1. The molecule has 1 aliphatic rings. The third-order valence-electron chi connectivity index (χ3n) is 3.61.